The molecule has 0 aromatic rings. The van der Waals surface area contributed by atoms with Gasteiger partial charge in [-0.05, 0) is 0 Å². The molecule has 3 nitrogen and oxygen atoms in total. The van der Waals surface area contributed by atoms with Crippen LogP contribution in [0.15, 0.2) is 0 Å². The van der Waals surface area contributed by atoms with Gasteiger partial charge in [-0.1, -0.05) is 34.8 Å². The van der Waals surface area contributed by atoms with E-state index in [2.05, 4.69) is 0 Å². The molecule has 1 aliphatic heterocycles. The Morgan fingerprint density at radius 1 is 1.67 bits per heavy atom. The summed E-state index contributed by atoms with van der Waals surface area (Å²) in [7, 11) is 0. The van der Waals surface area contributed by atoms with Crippen molar-refractivity contribution in [2.75, 3.05) is 6.61 Å². The Morgan fingerprint density at radius 3 is 2.42 bits per heavy atom. The van der Waals surface area contributed by atoms with Gasteiger partial charge in [-0.15, -0.1) is 0 Å². The van der Waals surface area contributed by atoms with E-state index in [9.17, 15) is 4.79 Å². The van der Waals surface area contributed by atoms with E-state index in [1.54, 1.807) is 0 Å². The Hall–Kier alpha value is 0.300. The van der Waals surface area contributed by atoms with E-state index in [-0.39, 0.29) is 12.5 Å². The van der Waals surface area contributed by atoms with Crippen molar-refractivity contribution in [1.82, 2.24) is 0 Å². The minimum atomic E-state index is -1.52. The fourth-order valence-electron chi connectivity index (χ4n) is 0.915. The van der Waals surface area contributed by atoms with Gasteiger partial charge in [-0.3, -0.25) is 4.79 Å². The average molecular weight is 233 g/mol. The Balaban J connectivity index is 2.49. The molecule has 2 unspecified atom stereocenters. The third-order valence-electron chi connectivity index (χ3n) is 1.58. The number of aliphatic carboxylic acids is 1. The molecule has 1 rings (SSSR count). The van der Waals surface area contributed by atoms with Crippen LogP contribution in [0.3, 0.4) is 0 Å². The van der Waals surface area contributed by atoms with Gasteiger partial charge in [-0.2, -0.15) is 0 Å². The Labute approximate surface area is 84.5 Å². The lowest BCUT2D eigenvalue weighted by atomic mass is 10.0. The molecule has 6 heteroatoms. The van der Waals surface area contributed by atoms with Crippen molar-refractivity contribution in [2.24, 2.45) is 5.92 Å². The highest BCUT2D eigenvalue weighted by Gasteiger charge is 2.42. The van der Waals surface area contributed by atoms with Crippen molar-refractivity contribution in [3.05, 3.63) is 0 Å². The fraction of sp³-hybridized carbons (Fsp3) is 0.833. The molecule has 1 heterocycles. The van der Waals surface area contributed by atoms with Gasteiger partial charge in [0, 0.05) is 6.42 Å². The van der Waals surface area contributed by atoms with Crippen LogP contribution < -0.4 is 0 Å². The SMILES string of the molecule is O=C(O)C(CC(Cl)(Cl)Cl)C1CO1. The van der Waals surface area contributed by atoms with Crippen molar-refractivity contribution in [3.63, 3.8) is 0 Å². The Kier molecular flexibility index (Phi) is 3.10. The van der Waals surface area contributed by atoms with Gasteiger partial charge in [0.25, 0.3) is 0 Å². The molecule has 0 bridgehead atoms. The maximum absolute atomic E-state index is 10.6. The number of halogens is 3. The third kappa shape index (κ3) is 3.35. The van der Waals surface area contributed by atoms with Gasteiger partial charge in [0.15, 0.2) is 3.79 Å². The second kappa shape index (κ2) is 3.58. The molecule has 1 aliphatic rings. The van der Waals surface area contributed by atoms with E-state index in [0.717, 1.165) is 0 Å². The summed E-state index contributed by atoms with van der Waals surface area (Å²) in [5.74, 6) is -1.69. The molecule has 12 heavy (non-hydrogen) atoms. The second-order valence-electron chi connectivity index (χ2n) is 2.64. The summed E-state index contributed by atoms with van der Waals surface area (Å²) in [4.78, 5) is 10.6. The molecule has 0 aliphatic carbocycles. The Bertz CT molecular complexity index is 185. The first kappa shape index (κ1) is 10.4. The number of alkyl halides is 3. The van der Waals surface area contributed by atoms with Crippen molar-refractivity contribution in [1.29, 1.82) is 0 Å². The highest BCUT2D eigenvalue weighted by molar-refractivity contribution is 6.67. The number of epoxide rings is 1. The van der Waals surface area contributed by atoms with Crippen LogP contribution in [0, 0.1) is 5.92 Å². The quantitative estimate of drug-likeness (QED) is 0.598. The van der Waals surface area contributed by atoms with E-state index in [4.69, 9.17) is 44.6 Å². The molecule has 2 atom stereocenters. The van der Waals surface area contributed by atoms with Crippen LogP contribution in [0.5, 0.6) is 0 Å². The predicted octanol–water partition coefficient (Wildman–Crippen LogP) is 1.85. The van der Waals surface area contributed by atoms with Crippen LogP contribution in [-0.2, 0) is 9.53 Å². The van der Waals surface area contributed by atoms with Crippen LogP contribution >= 0.6 is 34.8 Å². The summed E-state index contributed by atoms with van der Waals surface area (Å²) in [5, 5.41) is 8.69. The summed E-state index contributed by atoms with van der Waals surface area (Å²) in [5.41, 5.74) is 0. The number of carboxylic acid groups (broad SMARTS) is 1. The zero-order valence-electron chi connectivity index (χ0n) is 5.97. The van der Waals surface area contributed by atoms with E-state index < -0.39 is 15.7 Å². The minimum Gasteiger partial charge on any atom is -0.481 e. The lowest BCUT2D eigenvalue weighted by molar-refractivity contribution is -0.142. The highest BCUT2D eigenvalue weighted by atomic mass is 35.6. The average Bonchev–Trinajstić information content (AvgIpc) is 2.61. The summed E-state index contributed by atoms with van der Waals surface area (Å²) < 4.78 is 3.30. The molecule has 1 saturated heterocycles. The normalized spacial score (nSPS) is 25.1. The first-order valence-corrected chi connectivity index (χ1v) is 4.45. The van der Waals surface area contributed by atoms with Crippen LogP contribution in [0.4, 0.5) is 0 Å². The zero-order valence-corrected chi connectivity index (χ0v) is 8.23. The number of ether oxygens (including phenoxy) is 1. The molecule has 0 aromatic carbocycles. The number of rotatable bonds is 3. The first-order chi connectivity index (χ1) is 5.40. The Morgan fingerprint density at radius 2 is 2.17 bits per heavy atom. The zero-order chi connectivity index (χ0) is 9.35. The van der Waals surface area contributed by atoms with Gasteiger partial charge < -0.3 is 9.84 Å². The maximum atomic E-state index is 10.6. The second-order valence-corrected chi connectivity index (χ2v) is 5.15. The molecular weight excluding hydrogens is 226 g/mol. The van der Waals surface area contributed by atoms with Gasteiger partial charge in [-0.25, -0.2) is 0 Å². The molecule has 1 fully saturated rings. The number of hydrogen-bond donors (Lipinski definition) is 1. The molecule has 0 amide bonds. The predicted molar refractivity (Wildman–Crippen MR) is 45.8 cm³/mol. The van der Waals surface area contributed by atoms with Crippen LogP contribution in [-0.4, -0.2) is 27.6 Å². The lowest BCUT2D eigenvalue weighted by Gasteiger charge is -2.15. The van der Waals surface area contributed by atoms with Crippen LogP contribution in [0.25, 0.3) is 0 Å². The molecule has 0 aromatic heterocycles. The summed E-state index contributed by atoms with van der Waals surface area (Å²) in [6, 6.07) is 0. The highest BCUT2D eigenvalue weighted by Crippen LogP contribution is 2.37. The molecule has 0 radical (unpaired) electrons. The number of carboxylic acids is 1. The topological polar surface area (TPSA) is 49.8 Å². The van der Waals surface area contributed by atoms with Crippen molar-refractivity contribution < 1.29 is 14.6 Å². The summed E-state index contributed by atoms with van der Waals surface area (Å²) in [6.45, 7) is 0.442. The van der Waals surface area contributed by atoms with Crippen LogP contribution in [0.2, 0.25) is 0 Å². The van der Waals surface area contributed by atoms with Crippen molar-refractivity contribution >= 4 is 40.8 Å². The number of carbonyl (C=O) groups is 1. The molecular formula is C6H7Cl3O3. The minimum absolute atomic E-state index is 0.0162. The third-order valence-corrected chi connectivity index (χ3v) is 2.04. The van der Waals surface area contributed by atoms with Crippen LogP contribution in [0.1, 0.15) is 6.42 Å². The lowest BCUT2D eigenvalue weighted by Crippen LogP contribution is -2.25. The van der Waals surface area contributed by atoms with E-state index in [1.165, 1.54) is 0 Å². The molecule has 0 spiro atoms. The molecule has 70 valence electrons. The first-order valence-electron chi connectivity index (χ1n) is 3.31. The van der Waals surface area contributed by atoms with E-state index in [1.807, 2.05) is 0 Å². The van der Waals surface area contributed by atoms with E-state index >= 15 is 0 Å². The summed E-state index contributed by atoms with van der Waals surface area (Å²) in [6.07, 6.45) is -0.296. The molecule has 0 saturated carbocycles. The summed E-state index contributed by atoms with van der Waals surface area (Å²) >= 11 is 16.4. The van der Waals surface area contributed by atoms with Crippen molar-refractivity contribution in [3.8, 4) is 0 Å². The number of hydrogen-bond acceptors (Lipinski definition) is 2. The smallest absolute Gasteiger partial charge is 0.309 e. The standard InChI is InChI=1S/C6H7Cl3O3/c7-6(8,9)1-3(5(10)11)4-2-12-4/h3-4H,1-2H2,(H,10,11). The molecule has 1 N–H and O–H groups in total. The van der Waals surface area contributed by atoms with Gasteiger partial charge in [0.1, 0.15) is 0 Å². The van der Waals surface area contributed by atoms with Crippen molar-refractivity contribution in [2.45, 2.75) is 16.3 Å². The van der Waals surface area contributed by atoms with Gasteiger partial charge in [0.05, 0.1) is 18.6 Å². The monoisotopic (exact) mass is 232 g/mol. The largest absolute Gasteiger partial charge is 0.481 e. The van der Waals surface area contributed by atoms with Gasteiger partial charge in [0.2, 0.25) is 0 Å². The van der Waals surface area contributed by atoms with E-state index in [0.29, 0.717) is 6.61 Å². The fourth-order valence-corrected chi connectivity index (χ4v) is 1.41. The maximum Gasteiger partial charge on any atom is 0.309 e. The van der Waals surface area contributed by atoms with Gasteiger partial charge >= 0.3 is 5.97 Å².